The SMILES string of the molecule is CC[C@@H](Oc1ccc2c(c1)[C@@H](c1ccc(F)cc1)N(C(=O)C1CCCC1)CC2)C(=O)Nc1ccc(C)cc1. The van der Waals surface area contributed by atoms with Gasteiger partial charge in [-0.05, 0) is 85.7 Å². The summed E-state index contributed by atoms with van der Waals surface area (Å²) in [7, 11) is 0. The molecule has 1 N–H and O–H groups in total. The Labute approximate surface area is 224 Å². The normalized spacial score (nSPS) is 18.1. The van der Waals surface area contributed by atoms with Crippen molar-refractivity contribution >= 4 is 17.5 Å². The molecule has 1 aliphatic heterocycles. The number of fused-ring (bicyclic) bond motifs is 1. The molecule has 0 saturated heterocycles. The van der Waals surface area contributed by atoms with Crippen molar-refractivity contribution < 1.29 is 18.7 Å². The molecule has 3 aromatic rings. The topological polar surface area (TPSA) is 58.6 Å². The first kappa shape index (κ1) is 26.0. The summed E-state index contributed by atoms with van der Waals surface area (Å²) in [5.41, 5.74) is 4.84. The van der Waals surface area contributed by atoms with E-state index in [0.717, 1.165) is 60.0 Å². The van der Waals surface area contributed by atoms with Crippen LogP contribution in [0.4, 0.5) is 10.1 Å². The lowest BCUT2D eigenvalue weighted by molar-refractivity contribution is -0.137. The van der Waals surface area contributed by atoms with Gasteiger partial charge in [0.1, 0.15) is 11.6 Å². The summed E-state index contributed by atoms with van der Waals surface area (Å²) in [5.74, 6) is 0.298. The van der Waals surface area contributed by atoms with Gasteiger partial charge in [0, 0.05) is 18.2 Å². The lowest BCUT2D eigenvalue weighted by Crippen LogP contribution is -2.43. The van der Waals surface area contributed by atoms with Crippen molar-refractivity contribution in [2.75, 3.05) is 11.9 Å². The average molecular weight is 515 g/mol. The van der Waals surface area contributed by atoms with E-state index in [1.54, 1.807) is 12.1 Å². The standard InChI is InChI=1S/C32H35FN2O3/c1-3-29(31(36)34-26-15-8-21(2)9-16-26)38-27-17-12-22-18-19-35(32(37)24-6-4-5-7-24)30(28(22)20-27)23-10-13-25(33)14-11-23/h8-17,20,24,29-30H,3-7,18-19H2,1-2H3,(H,34,36)/t29-,30-/m1/s1. The van der Waals surface area contributed by atoms with Crippen molar-refractivity contribution in [3.05, 3.63) is 94.8 Å². The minimum absolute atomic E-state index is 0.0499. The van der Waals surface area contributed by atoms with Crippen LogP contribution in [0, 0.1) is 18.7 Å². The van der Waals surface area contributed by atoms with E-state index in [4.69, 9.17) is 4.74 Å². The van der Waals surface area contributed by atoms with Crippen molar-refractivity contribution in [3.8, 4) is 5.75 Å². The minimum atomic E-state index is -0.668. The fourth-order valence-corrected chi connectivity index (χ4v) is 5.66. The van der Waals surface area contributed by atoms with E-state index in [9.17, 15) is 14.0 Å². The van der Waals surface area contributed by atoms with Crippen LogP contribution in [0.5, 0.6) is 5.75 Å². The Morgan fingerprint density at radius 1 is 1.03 bits per heavy atom. The third-order valence-electron chi connectivity index (χ3n) is 7.78. The highest BCUT2D eigenvalue weighted by atomic mass is 19.1. The van der Waals surface area contributed by atoms with Gasteiger partial charge in [0.15, 0.2) is 6.10 Å². The van der Waals surface area contributed by atoms with Crippen LogP contribution in [0.25, 0.3) is 0 Å². The second-order valence-electron chi connectivity index (χ2n) is 10.4. The molecule has 0 spiro atoms. The summed E-state index contributed by atoms with van der Waals surface area (Å²) in [6.07, 6.45) is 4.61. The molecule has 198 valence electrons. The van der Waals surface area contributed by atoms with Gasteiger partial charge < -0.3 is 15.0 Å². The van der Waals surface area contributed by atoms with Gasteiger partial charge >= 0.3 is 0 Å². The lowest BCUT2D eigenvalue weighted by Gasteiger charge is -2.39. The fraction of sp³-hybridized carbons (Fsp3) is 0.375. The van der Waals surface area contributed by atoms with Crippen LogP contribution < -0.4 is 10.1 Å². The zero-order valence-corrected chi connectivity index (χ0v) is 22.1. The first-order valence-corrected chi connectivity index (χ1v) is 13.7. The molecule has 3 aromatic carbocycles. The molecule has 2 atom stereocenters. The first-order chi connectivity index (χ1) is 18.4. The smallest absolute Gasteiger partial charge is 0.265 e. The van der Waals surface area contributed by atoms with Gasteiger partial charge in [-0.15, -0.1) is 0 Å². The number of ether oxygens (including phenoxy) is 1. The van der Waals surface area contributed by atoms with Crippen molar-refractivity contribution in [1.82, 2.24) is 4.90 Å². The Hall–Kier alpha value is -3.67. The van der Waals surface area contributed by atoms with Gasteiger partial charge in [0.2, 0.25) is 5.91 Å². The minimum Gasteiger partial charge on any atom is -0.481 e. The fourth-order valence-electron chi connectivity index (χ4n) is 5.66. The van der Waals surface area contributed by atoms with E-state index < -0.39 is 6.10 Å². The molecule has 5 nitrogen and oxygen atoms in total. The first-order valence-electron chi connectivity index (χ1n) is 13.7. The number of nitrogens with zero attached hydrogens (tertiary/aromatic N) is 1. The van der Waals surface area contributed by atoms with Crippen LogP contribution in [-0.2, 0) is 16.0 Å². The van der Waals surface area contributed by atoms with Crippen LogP contribution in [-0.4, -0.2) is 29.4 Å². The second kappa shape index (κ2) is 11.4. The van der Waals surface area contributed by atoms with Gasteiger partial charge in [0.05, 0.1) is 6.04 Å². The quantitative estimate of drug-likeness (QED) is 0.387. The molecule has 1 fully saturated rings. The van der Waals surface area contributed by atoms with E-state index in [1.807, 2.05) is 61.2 Å². The molecule has 0 aromatic heterocycles. The van der Waals surface area contributed by atoms with Crippen LogP contribution in [0.1, 0.15) is 67.3 Å². The van der Waals surface area contributed by atoms with Crippen molar-refractivity contribution in [2.24, 2.45) is 5.92 Å². The Morgan fingerprint density at radius 3 is 2.42 bits per heavy atom. The van der Waals surface area contributed by atoms with E-state index in [2.05, 4.69) is 5.32 Å². The Balaban J connectivity index is 1.42. The maximum absolute atomic E-state index is 13.8. The number of rotatable bonds is 7. The summed E-state index contributed by atoms with van der Waals surface area (Å²) < 4.78 is 20.0. The largest absolute Gasteiger partial charge is 0.481 e. The predicted molar refractivity (Wildman–Crippen MR) is 147 cm³/mol. The molecular weight excluding hydrogens is 479 g/mol. The molecule has 0 radical (unpaired) electrons. The summed E-state index contributed by atoms with van der Waals surface area (Å²) in [4.78, 5) is 28.6. The molecule has 2 amide bonds. The number of anilines is 1. The molecule has 1 aliphatic carbocycles. The van der Waals surface area contributed by atoms with Crippen LogP contribution >= 0.6 is 0 Å². The average Bonchev–Trinajstić information content (AvgIpc) is 3.47. The number of amides is 2. The molecule has 1 saturated carbocycles. The van der Waals surface area contributed by atoms with E-state index >= 15 is 0 Å². The zero-order valence-electron chi connectivity index (χ0n) is 22.1. The van der Waals surface area contributed by atoms with Crippen LogP contribution in [0.3, 0.4) is 0 Å². The Morgan fingerprint density at radius 2 is 1.74 bits per heavy atom. The summed E-state index contributed by atoms with van der Waals surface area (Å²) >= 11 is 0. The molecule has 38 heavy (non-hydrogen) atoms. The Bertz CT molecular complexity index is 1280. The number of halogens is 1. The molecule has 6 heteroatoms. The highest BCUT2D eigenvalue weighted by molar-refractivity contribution is 5.94. The van der Waals surface area contributed by atoms with Crippen molar-refractivity contribution in [2.45, 2.75) is 64.5 Å². The van der Waals surface area contributed by atoms with Crippen molar-refractivity contribution in [3.63, 3.8) is 0 Å². The molecule has 2 aliphatic rings. The molecule has 0 unspecified atom stereocenters. The highest BCUT2D eigenvalue weighted by Crippen LogP contribution is 2.40. The maximum atomic E-state index is 13.8. The van der Waals surface area contributed by atoms with E-state index in [1.165, 1.54) is 12.1 Å². The van der Waals surface area contributed by atoms with Crippen LogP contribution in [0.2, 0.25) is 0 Å². The van der Waals surface area contributed by atoms with E-state index in [0.29, 0.717) is 18.7 Å². The van der Waals surface area contributed by atoms with Gasteiger partial charge in [-0.3, -0.25) is 9.59 Å². The Kier molecular flexibility index (Phi) is 7.77. The van der Waals surface area contributed by atoms with Gasteiger partial charge in [-0.2, -0.15) is 0 Å². The number of nitrogens with one attached hydrogen (secondary N) is 1. The number of carbonyl (C=O) groups excluding carboxylic acids is 2. The number of carbonyl (C=O) groups is 2. The maximum Gasteiger partial charge on any atom is 0.265 e. The zero-order chi connectivity index (χ0) is 26.6. The monoisotopic (exact) mass is 514 g/mol. The number of benzene rings is 3. The van der Waals surface area contributed by atoms with Gasteiger partial charge in [-0.25, -0.2) is 4.39 Å². The van der Waals surface area contributed by atoms with Gasteiger partial charge in [0.25, 0.3) is 5.91 Å². The molecular formula is C32H35FN2O3. The number of hydrogen-bond acceptors (Lipinski definition) is 3. The number of hydrogen-bond donors (Lipinski definition) is 1. The highest BCUT2D eigenvalue weighted by Gasteiger charge is 2.36. The predicted octanol–water partition coefficient (Wildman–Crippen LogP) is 6.59. The molecule has 0 bridgehead atoms. The molecule has 1 heterocycles. The third-order valence-corrected chi connectivity index (χ3v) is 7.78. The van der Waals surface area contributed by atoms with Crippen molar-refractivity contribution in [1.29, 1.82) is 0 Å². The summed E-state index contributed by atoms with van der Waals surface area (Å²) in [6.45, 7) is 4.55. The lowest BCUT2D eigenvalue weighted by atomic mass is 9.87. The summed E-state index contributed by atoms with van der Waals surface area (Å²) in [6, 6.07) is 19.7. The third kappa shape index (κ3) is 5.59. The second-order valence-corrected chi connectivity index (χ2v) is 10.4. The van der Waals surface area contributed by atoms with Gasteiger partial charge in [-0.1, -0.05) is 55.7 Å². The summed E-state index contributed by atoms with van der Waals surface area (Å²) in [5, 5.41) is 2.94. The van der Waals surface area contributed by atoms with Crippen LogP contribution in [0.15, 0.2) is 66.7 Å². The van der Waals surface area contributed by atoms with E-state index in [-0.39, 0.29) is 29.6 Å². The molecule has 5 rings (SSSR count). The number of aryl methyl sites for hydroxylation is 1.